The van der Waals surface area contributed by atoms with E-state index in [-0.39, 0.29) is 23.9 Å². The molecule has 0 bridgehead atoms. The molecule has 2 N–H and O–H groups in total. The Morgan fingerprint density at radius 1 is 1.48 bits per heavy atom. The predicted molar refractivity (Wildman–Crippen MR) is 77.6 cm³/mol. The predicted octanol–water partition coefficient (Wildman–Crippen LogP) is 0.562. The lowest BCUT2D eigenvalue weighted by atomic mass is 10.3. The van der Waals surface area contributed by atoms with E-state index < -0.39 is 5.91 Å². The van der Waals surface area contributed by atoms with E-state index in [9.17, 15) is 9.59 Å². The van der Waals surface area contributed by atoms with E-state index in [0.29, 0.717) is 5.13 Å². The number of carbonyl (C=O) groups is 2. The zero-order valence-electron chi connectivity index (χ0n) is 11.8. The van der Waals surface area contributed by atoms with Crippen LogP contribution in [0.5, 0.6) is 5.88 Å². The summed E-state index contributed by atoms with van der Waals surface area (Å²) in [6.45, 7) is 1.74. The Balaban J connectivity index is 1.90. The zero-order chi connectivity index (χ0) is 15.4. The van der Waals surface area contributed by atoms with E-state index in [1.165, 1.54) is 29.3 Å². The van der Waals surface area contributed by atoms with Crippen LogP contribution in [0.15, 0.2) is 12.4 Å². The van der Waals surface area contributed by atoms with Gasteiger partial charge in [0.25, 0.3) is 5.91 Å². The van der Waals surface area contributed by atoms with E-state index >= 15 is 0 Å². The van der Waals surface area contributed by atoms with Gasteiger partial charge in [-0.3, -0.25) is 14.3 Å². The van der Waals surface area contributed by atoms with E-state index in [2.05, 4.69) is 20.7 Å². The molecule has 2 heterocycles. The summed E-state index contributed by atoms with van der Waals surface area (Å²) in [4.78, 5) is 28.7. The van der Waals surface area contributed by atoms with Gasteiger partial charge >= 0.3 is 0 Å². The lowest BCUT2D eigenvalue weighted by molar-refractivity contribution is -0.115. The van der Waals surface area contributed by atoms with E-state index in [0.717, 1.165) is 4.88 Å². The van der Waals surface area contributed by atoms with Gasteiger partial charge in [-0.15, -0.1) is 16.4 Å². The summed E-state index contributed by atoms with van der Waals surface area (Å²) in [6, 6.07) is 0. The SMILES string of the molecule is COc1nn(C)cc1C(=O)NCC(=O)Nc1ncc(C)s1. The second-order valence-corrected chi connectivity index (χ2v) is 5.47. The number of methoxy groups -OCH3 is 1. The van der Waals surface area contributed by atoms with Crippen molar-refractivity contribution < 1.29 is 14.3 Å². The number of carbonyl (C=O) groups excluding carboxylic acids is 2. The number of hydrogen-bond donors (Lipinski definition) is 2. The first-order valence-electron chi connectivity index (χ1n) is 6.07. The molecule has 9 heteroatoms. The largest absolute Gasteiger partial charge is 0.479 e. The molecular formula is C12H15N5O3S. The first kappa shape index (κ1) is 15.0. The van der Waals surface area contributed by atoms with Crippen LogP contribution in [-0.2, 0) is 11.8 Å². The highest BCUT2D eigenvalue weighted by molar-refractivity contribution is 7.15. The lowest BCUT2D eigenvalue weighted by Gasteiger charge is -2.04. The van der Waals surface area contributed by atoms with Gasteiger partial charge in [0.2, 0.25) is 11.8 Å². The smallest absolute Gasteiger partial charge is 0.258 e. The van der Waals surface area contributed by atoms with Gasteiger partial charge in [-0.25, -0.2) is 4.98 Å². The molecule has 21 heavy (non-hydrogen) atoms. The van der Waals surface area contributed by atoms with Crippen LogP contribution in [-0.4, -0.2) is 40.2 Å². The van der Waals surface area contributed by atoms with Crippen LogP contribution in [0.4, 0.5) is 5.13 Å². The number of rotatable bonds is 5. The molecule has 0 aliphatic rings. The third kappa shape index (κ3) is 3.78. The standard InChI is InChI=1S/C12H15N5O3S/c1-7-4-14-12(21-7)15-9(18)5-13-10(19)8-6-17(2)16-11(8)20-3/h4,6H,5H2,1-3H3,(H,13,19)(H,14,15,18). The third-order valence-corrected chi connectivity index (χ3v) is 3.34. The first-order valence-corrected chi connectivity index (χ1v) is 6.89. The summed E-state index contributed by atoms with van der Waals surface area (Å²) in [6.07, 6.45) is 3.19. The Hall–Kier alpha value is -2.42. The number of amides is 2. The maximum Gasteiger partial charge on any atom is 0.258 e. The van der Waals surface area contributed by atoms with Gasteiger partial charge < -0.3 is 15.4 Å². The maximum atomic E-state index is 12.0. The topological polar surface area (TPSA) is 98.1 Å². The van der Waals surface area contributed by atoms with E-state index in [4.69, 9.17) is 4.74 Å². The molecule has 0 aromatic carbocycles. The molecule has 0 spiro atoms. The van der Waals surface area contributed by atoms with Crippen molar-refractivity contribution in [1.82, 2.24) is 20.1 Å². The van der Waals surface area contributed by atoms with Crippen molar-refractivity contribution >= 4 is 28.3 Å². The van der Waals surface area contributed by atoms with Crippen molar-refractivity contribution in [2.24, 2.45) is 7.05 Å². The summed E-state index contributed by atoms with van der Waals surface area (Å²) in [5.41, 5.74) is 0.276. The van der Waals surface area contributed by atoms with Crippen LogP contribution in [0.2, 0.25) is 0 Å². The van der Waals surface area contributed by atoms with E-state index in [1.54, 1.807) is 13.2 Å². The van der Waals surface area contributed by atoms with Crippen molar-refractivity contribution in [3.05, 3.63) is 22.8 Å². The fourth-order valence-electron chi connectivity index (χ4n) is 1.61. The fraction of sp³-hybridized carbons (Fsp3) is 0.333. The molecular weight excluding hydrogens is 294 g/mol. The molecule has 112 valence electrons. The van der Waals surface area contributed by atoms with Crippen LogP contribution >= 0.6 is 11.3 Å². The number of thiazole rings is 1. The van der Waals surface area contributed by atoms with Gasteiger partial charge in [0.15, 0.2) is 5.13 Å². The van der Waals surface area contributed by atoms with Crippen LogP contribution in [0, 0.1) is 6.92 Å². The van der Waals surface area contributed by atoms with Gasteiger partial charge in [0, 0.05) is 24.3 Å². The van der Waals surface area contributed by atoms with Crippen molar-refractivity contribution in [2.45, 2.75) is 6.92 Å². The molecule has 2 aromatic rings. The van der Waals surface area contributed by atoms with Crippen molar-refractivity contribution in [3.8, 4) is 5.88 Å². The quantitative estimate of drug-likeness (QED) is 0.841. The third-order valence-electron chi connectivity index (χ3n) is 2.51. The molecule has 0 atom stereocenters. The average molecular weight is 309 g/mol. The number of aryl methyl sites for hydroxylation is 2. The maximum absolute atomic E-state index is 12.0. The van der Waals surface area contributed by atoms with Gasteiger partial charge in [-0.05, 0) is 6.92 Å². The van der Waals surface area contributed by atoms with Crippen LogP contribution in [0.1, 0.15) is 15.2 Å². The molecule has 0 unspecified atom stereocenters. The molecule has 2 rings (SSSR count). The highest BCUT2D eigenvalue weighted by Crippen LogP contribution is 2.16. The van der Waals surface area contributed by atoms with Gasteiger partial charge in [0.1, 0.15) is 5.56 Å². The summed E-state index contributed by atoms with van der Waals surface area (Å²) >= 11 is 1.37. The Labute approximate surface area is 125 Å². The van der Waals surface area contributed by atoms with Crippen molar-refractivity contribution in [2.75, 3.05) is 19.0 Å². The summed E-state index contributed by atoms with van der Waals surface area (Å²) in [7, 11) is 3.10. The van der Waals surface area contributed by atoms with Crippen LogP contribution in [0.25, 0.3) is 0 Å². The molecule has 0 saturated heterocycles. The van der Waals surface area contributed by atoms with Crippen LogP contribution in [0.3, 0.4) is 0 Å². The summed E-state index contributed by atoms with van der Waals surface area (Å²) in [5.74, 6) is -0.558. The fourth-order valence-corrected chi connectivity index (χ4v) is 2.29. The highest BCUT2D eigenvalue weighted by atomic mass is 32.1. The van der Waals surface area contributed by atoms with E-state index in [1.807, 2.05) is 6.92 Å². The normalized spacial score (nSPS) is 10.2. The van der Waals surface area contributed by atoms with Crippen LogP contribution < -0.4 is 15.4 Å². The minimum Gasteiger partial charge on any atom is -0.479 e. The summed E-state index contributed by atoms with van der Waals surface area (Å²) in [5, 5.41) is 9.59. The average Bonchev–Trinajstić information content (AvgIpc) is 3.01. The number of aromatic nitrogens is 3. The molecule has 0 fully saturated rings. The molecule has 0 radical (unpaired) electrons. The lowest BCUT2D eigenvalue weighted by Crippen LogP contribution is -2.32. The molecule has 2 aromatic heterocycles. The second-order valence-electron chi connectivity index (χ2n) is 4.23. The number of hydrogen-bond acceptors (Lipinski definition) is 6. The molecule has 0 saturated carbocycles. The monoisotopic (exact) mass is 309 g/mol. The Morgan fingerprint density at radius 3 is 2.86 bits per heavy atom. The second kappa shape index (κ2) is 6.35. The Bertz CT molecular complexity index is 664. The minimum atomic E-state index is -0.426. The first-order chi connectivity index (χ1) is 9.99. The minimum absolute atomic E-state index is 0.157. The Kier molecular flexibility index (Phi) is 4.53. The zero-order valence-corrected chi connectivity index (χ0v) is 12.7. The Morgan fingerprint density at radius 2 is 2.24 bits per heavy atom. The van der Waals surface area contributed by atoms with Crippen molar-refractivity contribution in [3.63, 3.8) is 0 Å². The van der Waals surface area contributed by atoms with Gasteiger partial charge in [-0.1, -0.05) is 0 Å². The van der Waals surface area contributed by atoms with Gasteiger partial charge in [-0.2, -0.15) is 0 Å². The molecule has 8 nitrogen and oxygen atoms in total. The number of ether oxygens (including phenoxy) is 1. The molecule has 0 aliphatic heterocycles. The highest BCUT2D eigenvalue weighted by Gasteiger charge is 2.17. The van der Waals surface area contributed by atoms with Crippen molar-refractivity contribution in [1.29, 1.82) is 0 Å². The molecule has 2 amide bonds. The number of nitrogens with one attached hydrogen (secondary N) is 2. The number of anilines is 1. The summed E-state index contributed by atoms with van der Waals surface area (Å²) < 4.78 is 6.46. The number of nitrogens with zero attached hydrogens (tertiary/aromatic N) is 3. The van der Waals surface area contributed by atoms with Gasteiger partial charge in [0.05, 0.1) is 13.7 Å². The molecule has 0 aliphatic carbocycles.